The minimum Gasteiger partial charge on any atom is -0.336 e. The van der Waals surface area contributed by atoms with Crippen LogP contribution < -0.4 is 10.6 Å². The molecule has 6 heteroatoms. The summed E-state index contributed by atoms with van der Waals surface area (Å²) in [6.07, 6.45) is -0.743. The lowest BCUT2D eigenvalue weighted by Gasteiger charge is -2.27. The molecule has 0 spiro atoms. The lowest BCUT2D eigenvalue weighted by atomic mass is 10.2. The highest BCUT2D eigenvalue weighted by Gasteiger charge is 2.33. The number of nitrogens with one attached hydrogen (secondary N) is 2. The predicted octanol–water partition coefficient (Wildman–Crippen LogP) is 3.24. The zero-order chi connectivity index (χ0) is 14.5. The SMILES string of the molecule is CC(C)C(=O)NC(NCc1ccccc1)C(Cl)(Cl)Cl. The first-order chi connectivity index (χ1) is 8.80. The van der Waals surface area contributed by atoms with Crippen LogP contribution in [0.25, 0.3) is 0 Å². The molecule has 0 saturated carbocycles. The van der Waals surface area contributed by atoms with Gasteiger partial charge < -0.3 is 5.32 Å². The molecule has 2 N–H and O–H groups in total. The Hall–Kier alpha value is -0.480. The summed E-state index contributed by atoms with van der Waals surface area (Å²) in [6.45, 7) is 4.06. The van der Waals surface area contributed by atoms with Crippen LogP contribution in [-0.4, -0.2) is 15.9 Å². The van der Waals surface area contributed by atoms with Crippen LogP contribution in [0, 0.1) is 5.92 Å². The second-order valence-corrected chi connectivity index (χ2v) is 6.87. The maximum Gasteiger partial charge on any atom is 0.223 e. The highest BCUT2D eigenvalue weighted by molar-refractivity contribution is 6.68. The predicted molar refractivity (Wildman–Crippen MR) is 80.3 cm³/mol. The van der Waals surface area contributed by atoms with Crippen LogP contribution in [0.3, 0.4) is 0 Å². The summed E-state index contributed by atoms with van der Waals surface area (Å²) >= 11 is 17.6. The average Bonchev–Trinajstić information content (AvgIpc) is 2.33. The maximum atomic E-state index is 11.7. The summed E-state index contributed by atoms with van der Waals surface area (Å²) in [7, 11) is 0. The first-order valence-electron chi connectivity index (χ1n) is 5.95. The summed E-state index contributed by atoms with van der Waals surface area (Å²) in [5.41, 5.74) is 1.04. The molecular weight excluding hydrogens is 307 g/mol. The standard InChI is InChI=1S/C13H17Cl3N2O/c1-9(2)11(19)18-12(13(14,15)16)17-8-10-6-4-3-5-7-10/h3-7,9,12,17H,8H2,1-2H3,(H,18,19). The Labute approximate surface area is 128 Å². The number of hydrogen-bond acceptors (Lipinski definition) is 2. The number of carbonyl (C=O) groups excluding carboxylic acids is 1. The summed E-state index contributed by atoms with van der Waals surface area (Å²) < 4.78 is -1.61. The van der Waals surface area contributed by atoms with Crippen LogP contribution in [0.4, 0.5) is 0 Å². The van der Waals surface area contributed by atoms with Gasteiger partial charge in [-0.25, -0.2) is 0 Å². The number of carbonyl (C=O) groups is 1. The normalized spacial score (nSPS) is 13.4. The molecule has 1 unspecified atom stereocenters. The van der Waals surface area contributed by atoms with Crippen LogP contribution in [0.2, 0.25) is 0 Å². The molecule has 1 atom stereocenters. The third-order valence-electron chi connectivity index (χ3n) is 2.49. The smallest absolute Gasteiger partial charge is 0.223 e. The van der Waals surface area contributed by atoms with Crippen LogP contribution >= 0.6 is 34.8 Å². The number of benzene rings is 1. The fraction of sp³-hybridized carbons (Fsp3) is 0.462. The second-order valence-electron chi connectivity index (χ2n) is 4.50. The van der Waals surface area contributed by atoms with Crippen molar-refractivity contribution < 1.29 is 4.79 Å². The molecule has 3 nitrogen and oxygen atoms in total. The molecule has 106 valence electrons. The summed E-state index contributed by atoms with van der Waals surface area (Å²) in [5.74, 6) is -0.342. The average molecular weight is 324 g/mol. The molecular formula is C13H17Cl3N2O. The molecule has 1 aromatic carbocycles. The minimum atomic E-state index is -1.61. The van der Waals surface area contributed by atoms with E-state index in [2.05, 4.69) is 10.6 Å². The van der Waals surface area contributed by atoms with E-state index in [0.29, 0.717) is 6.54 Å². The highest BCUT2D eigenvalue weighted by atomic mass is 35.6. The Morgan fingerprint density at radius 1 is 1.21 bits per heavy atom. The maximum absolute atomic E-state index is 11.7. The van der Waals surface area contributed by atoms with Gasteiger partial charge in [-0.15, -0.1) is 0 Å². The van der Waals surface area contributed by atoms with Gasteiger partial charge in [0.2, 0.25) is 9.70 Å². The lowest BCUT2D eigenvalue weighted by Crippen LogP contribution is -2.54. The minimum absolute atomic E-state index is 0.170. The fourth-order valence-electron chi connectivity index (χ4n) is 1.37. The van der Waals surface area contributed by atoms with E-state index in [0.717, 1.165) is 5.56 Å². The van der Waals surface area contributed by atoms with Gasteiger partial charge in [-0.2, -0.15) is 0 Å². The van der Waals surface area contributed by atoms with Gasteiger partial charge >= 0.3 is 0 Å². The van der Waals surface area contributed by atoms with E-state index >= 15 is 0 Å². The first kappa shape index (κ1) is 16.6. The van der Waals surface area contributed by atoms with Crippen LogP contribution in [-0.2, 0) is 11.3 Å². The van der Waals surface area contributed by atoms with E-state index < -0.39 is 9.96 Å². The van der Waals surface area contributed by atoms with Crippen molar-refractivity contribution in [2.75, 3.05) is 0 Å². The van der Waals surface area contributed by atoms with Gasteiger partial charge in [0.05, 0.1) is 0 Å². The molecule has 0 aromatic heterocycles. The number of amides is 1. The van der Waals surface area contributed by atoms with E-state index in [-0.39, 0.29) is 11.8 Å². The third-order valence-corrected chi connectivity index (χ3v) is 3.15. The second kappa shape index (κ2) is 7.34. The molecule has 1 amide bonds. The van der Waals surface area contributed by atoms with Crippen molar-refractivity contribution in [2.24, 2.45) is 5.92 Å². The molecule has 0 bridgehead atoms. The van der Waals surface area contributed by atoms with E-state index in [9.17, 15) is 4.79 Å². The molecule has 0 heterocycles. The Morgan fingerprint density at radius 3 is 2.26 bits per heavy atom. The monoisotopic (exact) mass is 322 g/mol. The molecule has 0 aliphatic heterocycles. The zero-order valence-electron chi connectivity index (χ0n) is 10.8. The van der Waals surface area contributed by atoms with Crippen molar-refractivity contribution in [3.8, 4) is 0 Å². The number of rotatable bonds is 5. The van der Waals surface area contributed by atoms with Crippen LogP contribution in [0.15, 0.2) is 30.3 Å². The van der Waals surface area contributed by atoms with Gasteiger partial charge in [-0.05, 0) is 5.56 Å². The van der Waals surface area contributed by atoms with Crippen molar-refractivity contribution in [3.63, 3.8) is 0 Å². The van der Waals surface area contributed by atoms with Gasteiger partial charge in [0.1, 0.15) is 6.17 Å². The molecule has 19 heavy (non-hydrogen) atoms. The largest absolute Gasteiger partial charge is 0.336 e. The molecule has 0 aliphatic rings. The van der Waals surface area contributed by atoms with Gasteiger partial charge in [0.15, 0.2) is 0 Å². The van der Waals surface area contributed by atoms with Crippen LogP contribution in [0.5, 0.6) is 0 Å². The highest BCUT2D eigenvalue weighted by Crippen LogP contribution is 2.29. The Morgan fingerprint density at radius 2 is 1.79 bits per heavy atom. The number of hydrogen-bond donors (Lipinski definition) is 2. The summed E-state index contributed by atoms with van der Waals surface area (Å²) in [6, 6.07) is 9.68. The molecule has 0 radical (unpaired) electrons. The Bertz CT molecular complexity index is 404. The van der Waals surface area contributed by atoms with Crippen molar-refractivity contribution in [1.82, 2.24) is 10.6 Å². The van der Waals surface area contributed by atoms with Crippen molar-refractivity contribution >= 4 is 40.7 Å². The molecule has 0 saturated heterocycles. The van der Waals surface area contributed by atoms with Crippen LogP contribution in [0.1, 0.15) is 19.4 Å². The van der Waals surface area contributed by atoms with Gasteiger partial charge in [-0.1, -0.05) is 79.0 Å². The number of halogens is 3. The van der Waals surface area contributed by atoms with Crippen molar-refractivity contribution in [1.29, 1.82) is 0 Å². The van der Waals surface area contributed by atoms with Gasteiger partial charge in [-0.3, -0.25) is 10.1 Å². The van der Waals surface area contributed by atoms with Crippen molar-refractivity contribution in [2.45, 2.75) is 30.4 Å². The molecule has 0 aliphatic carbocycles. The first-order valence-corrected chi connectivity index (χ1v) is 7.08. The van der Waals surface area contributed by atoms with E-state index in [1.807, 2.05) is 30.3 Å². The lowest BCUT2D eigenvalue weighted by molar-refractivity contribution is -0.124. The third kappa shape index (κ3) is 6.00. The molecule has 1 aromatic rings. The van der Waals surface area contributed by atoms with Gasteiger partial charge in [0, 0.05) is 12.5 Å². The zero-order valence-corrected chi connectivity index (χ0v) is 13.1. The van der Waals surface area contributed by atoms with E-state index in [1.165, 1.54) is 0 Å². The fourth-order valence-corrected chi connectivity index (χ4v) is 1.77. The topological polar surface area (TPSA) is 41.1 Å². The van der Waals surface area contributed by atoms with Crippen molar-refractivity contribution in [3.05, 3.63) is 35.9 Å². The quantitative estimate of drug-likeness (QED) is 0.645. The van der Waals surface area contributed by atoms with E-state index in [4.69, 9.17) is 34.8 Å². The Kier molecular flexibility index (Phi) is 6.40. The summed E-state index contributed by atoms with van der Waals surface area (Å²) in [4.78, 5) is 11.7. The van der Waals surface area contributed by atoms with Gasteiger partial charge in [0.25, 0.3) is 0 Å². The molecule has 0 fully saturated rings. The molecule has 1 rings (SSSR count). The number of alkyl halides is 3. The Balaban J connectivity index is 2.63. The summed E-state index contributed by atoms with van der Waals surface area (Å²) in [5, 5.41) is 5.71. The van der Waals surface area contributed by atoms with E-state index in [1.54, 1.807) is 13.8 Å².